The van der Waals surface area contributed by atoms with Gasteiger partial charge in [-0.2, -0.15) is 0 Å². The highest BCUT2D eigenvalue weighted by atomic mass is 16.2. The Morgan fingerprint density at radius 2 is 1.90 bits per heavy atom. The quantitative estimate of drug-likeness (QED) is 0.507. The zero-order valence-electron chi connectivity index (χ0n) is 16.0. The average Bonchev–Trinajstić information content (AvgIpc) is 3.22. The molecule has 3 heterocycles. The summed E-state index contributed by atoms with van der Waals surface area (Å²) in [5, 5.41) is 3.48. The Kier molecular flexibility index (Phi) is 4.45. The molecule has 0 spiro atoms. The number of hydrogen-bond acceptors (Lipinski definition) is 2. The van der Waals surface area contributed by atoms with Crippen LogP contribution in [0.4, 0.5) is 0 Å². The monoisotopic (exact) mass is 379 g/mol. The molecule has 5 rings (SSSR count). The van der Waals surface area contributed by atoms with Gasteiger partial charge in [0.2, 0.25) is 5.91 Å². The smallest absolute Gasteiger partial charge is 0.246 e. The molecular weight excluding hydrogens is 358 g/mol. The van der Waals surface area contributed by atoms with Crippen molar-refractivity contribution in [3.8, 4) is 0 Å². The van der Waals surface area contributed by atoms with Crippen molar-refractivity contribution in [3.63, 3.8) is 0 Å². The standard InChI is InChI=1S/C25H21N3O/c29-24(11-10-19-7-3-6-18-5-1-2-8-21(18)19)28-15-12-20(13-16-28)23-17-27-25-22(23)9-4-14-26-25/h1-12,14,17H,13,15-16H2,(H,26,27)/b11-10-. The van der Waals surface area contributed by atoms with E-state index in [-0.39, 0.29) is 5.91 Å². The van der Waals surface area contributed by atoms with Gasteiger partial charge in [0.15, 0.2) is 0 Å². The van der Waals surface area contributed by atoms with Gasteiger partial charge in [0.1, 0.15) is 5.65 Å². The van der Waals surface area contributed by atoms with Crippen LogP contribution in [0.1, 0.15) is 17.5 Å². The van der Waals surface area contributed by atoms with Crippen molar-refractivity contribution in [2.75, 3.05) is 13.1 Å². The van der Waals surface area contributed by atoms with Gasteiger partial charge in [-0.3, -0.25) is 4.79 Å². The number of pyridine rings is 1. The fourth-order valence-corrected chi connectivity index (χ4v) is 4.00. The van der Waals surface area contributed by atoms with Gasteiger partial charge in [0.25, 0.3) is 0 Å². The number of fused-ring (bicyclic) bond motifs is 2. The lowest BCUT2D eigenvalue weighted by atomic mass is 9.99. The summed E-state index contributed by atoms with van der Waals surface area (Å²) in [6, 6.07) is 18.4. The second-order valence-electron chi connectivity index (χ2n) is 7.27. The second kappa shape index (κ2) is 7.40. The van der Waals surface area contributed by atoms with Crippen molar-refractivity contribution in [2.45, 2.75) is 6.42 Å². The molecule has 0 unspecified atom stereocenters. The zero-order valence-corrected chi connectivity index (χ0v) is 16.0. The minimum absolute atomic E-state index is 0.0498. The van der Waals surface area contributed by atoms with Crippen LogP contribution in [0.15, 0.2) is 79.1 Å². The third kappa shape index (κ3) is 3.34. The molecule has 0 saturated carbocycles. The Hall–Kier alpha value is -3.66. The van der Waals surface area contributed by atoms with Crippen LogP contribution in [0.3, 0.4) is 0 Å². The number of nitrogens with zero attached hydrogens (tertiary/aromatic N) is 2. The number of rotatable bonds is 3. The molecule has 0 fully saturated rings. The summed E-state index contributed by atoms with van der Waals surface area (Å²) in [5.74, 6) is 0.0498. The minimum Gasteiger partial charge on any atom is -0.346 e. The SMILES string of the molecule is O=C(/C=C\c1cccc2ccccc12)N1CC=C(c2c[nH]c3ncccc23)CC1. The first-order chi connectivity index (χ1) is 14.3. The Balaban J connectivity index is 1.32. The molecular formula is C25H21N3O. The molecule has 29 heavy (non-hydrogen) atoms. The molecule has 4 heteroatoms. The normalized spacial score (nSPS) is 14.6. The van der Waals surface area contributed by atoms with Gasteiger partial charge in [0.05, 0.1) is 0 Å². The van der Waals surface area contributed by atoms with Crippen molar-refractivity contribution < 1.29 is 4.79 Å². The average molecular weight is 379 g/mol. The summed E-state index contributed by atoms with van der Waals surface area (Å²) in [5.41, 5.74) is 4.42. The largest absolute Gasteiger partial charge is 0.346 e. The number of nitrogens with one attached hydrogen (secondary N) is 1. The van der Waals surface area contributed by atoms with Gasteiger partial charge in [0, 0.05) is 42.5 Å². The van der Waals surface area contributed by atoms with Crippen LogP contribution in [0, 0.1) is 0 Å². The second-order valence-corrected chi connectivity index (χ2v) is 7.27. The van der Waals surface area contributed by atoms with E-state index >= 15 is 0 Å². The van der Waals surface area contributed by atoms with E-state index in [1.165, 1.54) is 16.5 Å². The lowest BCUT2D eigenvalue weighted by molar-refractivity contribution is -0.125. The number of aromatic nitrogens is 2. The highest BCUT2D eigenvalue weighted by molar-refractivity contribution is 5.97. The maximum absolute atomic E-state index is 12.7. The van der Waals surface area contributed by atoms with Gasteiger partial charge in [-0.25, -0.2) is 4.98 Å². The molecule has 142 valence electrons. The molecule has 0 saturated heterocycles. The van der Waals surface area contributed by atoms with Crippen LogP contribution in [0.5, 0.6) is 0 Å². The minimum atomic E-state index is 0.0498. The number of hydrogen-bond donors (Lipinski definition) is 1. The van der Waals surface area contributed by atoms with E-state index in [1.807, 2.05) is 47.5 Å². The third-order valence-electron chi connectivity index (χ3n) is 5.55. The van der Waals surface area contributed by atoms with Gasteiger partial charge in [-0.15, -0.1) is 0 Å². The van der Waals surface area contributed by atoms with E-state index in [9.17, 15) is 4.79 Å². The zero-order chi connectivity index (χ0) is 19.6. The molecule has 0 radical (unpaired) electrons. The highest BCUT2D eigenvalue weighted by Crippen LogP contribution is 2.28. The Morgan fingerprint density at radius 1 is 1.03 bits per heavy atom. The van der Waals surface area contributed by atoms with Crippen molar-refractivity contribution in [1.82, 2.24) is 14.9 Å². The van der Waals surface area contributed by atoms with E-state index in [0.717, 1.165) is 34.9 Å². The number of benzene rings is 2. The summed E-state index contributed by atoms with van der Waals surface area (Å²) in [6.45, 7) is 1.35. The Labute approximate surface area is 169 Å². The maximum Gasteiger partial charge on any atom is 0.246 e. The Morgan fingerprint density at radius 3 is 2.79 bits per heavy atom. The number of aromatic amines is 1. The molecule has 0 aliphatic carbocycles. The van der Waals surface area contributed by atoms with E-state index in [1.54, 1.807) is 12.3 Å². The summed E-state index contributed by atoms with van der Waals surface area (Å²) in [7, 11) is 0. The van der Waals surface area contributed by atoms with Gasteiger partial charge in [-0.05, 0) is 46.5 Å². The van der Waals surface area contributed by atoms with Crippen LogP contribution in [-0.2, 0) is 4.79 Å². The highest BCUT2D eigenvalue weighted by Gasteiger charge is 2.18. The molecule has 4 aromatic rings. The number of carbonyl (C=O) groups excluding carboxylic acids is 1. The summed E-state index contributed by atoms with van der Waals surface area (Å²) >= 11 is 0. The van der Waals surface area contributed by atoms with Crippen LogP contribution >= 0.6 is 0 Å². The first-order valence-corrected chi connectivity index (χ1v) is 9.86. The van der Waals surface area contributed by atoms with Gasteiger partial charge < -0.3 is 9.88 Å². The first-order valence-electron chi connectivity index (χ1n) is 9.86. The summed E-state index contributed by atoms with van der Waals surface area (Å²) < 4.78 is 0. The Bertz CT molecular complexity index is 1260. The van der Waals surface area contributed by atoms with Crippen LogP contribution in [0.25, 0.3) is 33.5 Å². The molecule has 0 bridgehead atoms. The maximum atomic E-state index is 12.7. The lowest BCUT2D eigenvalue weighted by Gasteiger charge is -2.25. The van der Waals surface area contributed by atoms with E-state index in [2.05, 4.69) is 40.3 Å². The molecule has 0 atom stereocenters. The molecule has 1 amide bonds. The van der Waals surface area contributed by atoms with Crippen LogP contribution in [-0.4, -0.2) is 33.9 Å². The number of H-pyrrole nitrogens is 1. The topological polar surface area (TPSA) is 49.0 Å². The van der Waals surface area contributed by atoms with E-state index in [4.69, 9.17) is 0 Å². The van der Waals surface area contributed by atoms with Crippen LogP contribution < -0.4 is 0 Å². The molecule has 1 aliphatic heterocycles. The van der Waals surface area contributed by atoms with Crippen molar-refractivity contribution in [2.24, 2.45) is 0 Å². The predicted octanol–water partition coefficient (Wildman–Crippen LogP) is 5.05. The fraction of sp³-hybridized carbons (Fsp3) is 0.120. The van der Waals surface area contributed by atoms with Crippen molar-refractivity contribution in [3.05, 3.63) is 90.3 Å². The van der Waals surface area contributed by atoms with E-state index in [0.29, 0.717) is 6.54 Å². The number of carbonyl (C=O) groups is 1. The summed E-state index contributed by atoms with van der Waals surface area (Å²) in [4.78, 5) is 22.2. The summed E-state index contributed by atoms with van der Waals surface area (Å²) in [6.07, 6.45) is 10.4. The van der Waals surface area contributed by atoms with Crippen molar-refractivity contribution >= 4 is 39.4 Å². The molecule has 1 N–H and O–H groups in total. The van der Waals surface area contributed by atoms with Crippen molar-refractivity contribution in [1.29, 1.82) is 0 Å². The predicted molar refractivity (Wildman–Crippen MR) is 118 cm³/mol. The molecule has 2 aromatic heterocycles. The number of amides is 1. The molecule has 2 aromatic carbocycles. The van der Waals surface area contributed by atoms with Crippen LogP contribution in [0.2, 0.25) is 0 Å². The molecule has 1 aliphatic rings. The lowest BCUT2D eigenvalue weighted by Crippen LogP contribution is -2.33. The third-order valence-corrected chi connectivity index (χ3v) is 5.55. The van der Waals surface area contributed by atoms with Gasteiger partial charge in [-0.1, -0.05) is 48.5 Å². The van der Waals surface area contributed by atoms with E-state index < -0.39 is 0 Å². The first kappa shape index (κ1) is 17.4. The van der Waals surface area contributed by atoms with Gasteiger partial charge >= 0.3 is 0 Å². The molecule has 4 nitrogen and oxygen atoms in total. The fourth-order valence-electron chi connectivity index (χ4n) is 4.00.